The van der Waals surface area contributed by atoms with Crippen molar-refractivity contribution in [3.63, 3.8) is 0 Å². The average molecular weight is 244 g/mol. The van der Waals surface area contributed by atoms with Crippen LogP contribution in [0.1, 0.15) is 22.5 Å². The maximum Gasteiger partial charge on any atom is 0.335 e. The molecule has 0 atom stereocenters. The molecule has 1 aliphatic rings. The summed E-state index contributed by atoms with van der Waals surface area (Å²) in [5.41, 5.74) is 2.03. The van der Waals surface area contributed by atoms with Gasteiger partial charge < -0.3 is 10.4 Å². The Morgan fingerprint density at radius 1 is 1.33 bits per heavy atom. The van der Waals surface area contributed by atoms with E-state index >= 15 is 0 Å². The largest absolute Gasteiger partial charge is 0.478 e. The SMILES string of the molecule is O=C(O)c1ccc(-n2nnc3c2NCCC3)cc1. The highest BCUT2D eigenvalue weighted by Crippen LogP contribution is 2.22. The normalized spacial score (nSPS) is 13.8. The number of aromatic nitrogens is 3. The molecule has 18 heavy (non-hydrogen) atoms. The maximum atomic E-state index is 10.8. The first-order chi connectivity index (χ1) is 8.75. The lowest BCUT2D eigenvalue weighted by Gasteiger charge is -2.14. The molecule has 2 aromatic rings. The van der Waals surface area contributed by atoms with E-state index in [1.165, 1.54) is 0 Å². The van der Waals surface area contributed by atoms with Crippen LogP contribution in [0.3, 0.4) is 0 Å². The highest BCUT2D eigenvalue weighted by Gasteiger charge is 2.17. The minimum absolute atomic E-state index is 0.265. The minimum Gasteiger partial charge on any atom is -0.478 e. The number of carboxylic acid groups (broad SMARTS) is 1. The minimum atomic E-state index is -0.930. The van der Waals surface area contributed by atoms with E-state index in [9.17, 15) is 4.79 Å². The van der Waals surface area contributed by atoms with Gasteiger partial charge in [-0.3, -0.25) is 0 Å². The van der Waals surface area contributed by atoms with Crippen molar-refractivity contribution in [3.05, 3.63) is 35.5 Å². The number of nitrogens with zero attached hydrogens (tertiary/aromatic N) is 3. The summed E-state index contributed by atoms with van der Waals surface area (Å²) < 4.78 is 1.71. The molecule has 0 unspecified atom stereocenters. The number of aromatic carboxylic acids is 1. The molecule has 0 saturated heterocycles. The van der Waals surface area contributed by atoms with E-state index in [1.807, 2.05) is 0 Å². The zero-order valence-electron chi connectivity index (χ0n) is 9.63. The zero-order valence-corrected chi connectivity index (χ0v) is 9.63. The Labute approximate surface area is 103 Å². The quantitative estimate of drug-likeness (QED) is 0.832. The van der Waals surface area contributed by atoms with Crippen molar-refractivity contribution < 1.29 is 9.90 Å². The maximum absolute atomic E-state index is 10.8. The van der Waals surface area contributed by atoms with Gasteiger partial charge >= 0.3 is 5.97 Å². The zero-order chi connectivity index (χ0) is 12.5. The van der Waals surface area contributed by atoms with E-state index in [0.717, 1.165) is 36.6 Å². The van der Waals surface area contributed by atoms with Gasteiger partial charge in [0.15, 0.2) is 5.82 Å². The molecule has 0 fully saturated rings. The van der Waals surface area contributed by atoms with Gasteiger partial charge in [-0.1, -0.05) is 5.21 Å². The fourth-order valence-electron chi connectivity index (χ4n) is 2.05. The van der Waals surface area contributed by atoms with Crippen molar-refractivity contribution in [2.75, 3.05) is 11.9 Å². The van der Waals surface area contributed by atoms with Crippen LogP contribution in [-0.2, 0) is 6.42 Å². The van der Waals surface area contributed by atoms with Gasteiger partial charge in [0.05, 0.1) is 11.3 Å². The number of benzene rings is 1. The molecule has 6 nitrogen and oxygen atoms in total. The molecule has 0 spiro atoms. The fourth-order valence-corrected chi connectivity index (χ4v) is 2.05. The van der Waals surface area contributed by atoms with Gasteiger partial charge in [0.1, 0.15) is 5.69 Å². The molecule has 92 valence electrons. The van der Waals surface area contributed by atoms with Crippen LogP contribution in [0.2, 0.25) is 0 Å². The van der Waals surface area contributed by atoms with Gasteiger partial charge in [-0.2, -0.15) is 4.68 Å². The van der Waals surface area contributed by atoms with Crippen LogP contribution in [0.15, 0.2) is 24.3 Å². The Balaban J connectivity index is 1.99. The van der Waals surface area contributed by atoms with Crippen LogP contribution < -0.4 is 5.32 Å². The van der Waals surface area contributed by atoms with E-state index in [1.54, 1.807) is 28.9 Å². The van der Waals surface area contributed by atoms with Crippen molar-refractivity contribution in [2.45, 2.75) is 12.8 Å². The topological polar surface area (TPSA) is 80.0 Å². The molecular formula is C12H12N4O2. The predicted molar refractivity (Wildman–Crippen MR) is 65.1 cm³/mol. The molecule has 1 aliphatic heterocycles. The molecule has 2 N–H and O–H groups in total. The average Bonchev–Trinajstić information content (AvgIpc) is 2.82. The van der Waals surface area contributed by atoms with Crippen molar-refractivity contribution in [1.29, 1.82) is 0 Å². The van der Waals surface area contributed by atoms with E-state index in [-0.39, 0.29) is 5.56 Å². The van der Waals surface area contributed by atoms with E-state index in [2.05, 4.69) is 15.6 Å². The number of rotatable bonds is 2. The van der Waals surface area contributed by atoms with Crippen molar-refractivity contribution >= 4 is 11.8 Å². The van der Waals surface area contributed by atoms with Crippen LogP contribution in [0.25, 0.3) is 5.69 Å². The first-order valence-corrected chi connectivity index (χ1v) is 5.78. The van der Waals surface area contributed by atoms with Gasteiger partial charge in [-0.05, 0) is 37.1 Å². The van der Waals surface area contributed by atoms with Crippen molar-refractivity contribution in [3.8, 4) is 5.69 Å². The van der Waals surface area contributed by atoms with Gasteiger partial charge in [-0.15, -0.1) is 5.10 Å². The highest BCUT2D eigenvalue weighted by atomic mass is 16.4. The van der Waals surface area contributed by atoms with Crippen LogP contribution >= 0.6 is 0 Å². The number of carbonyl (C=O) groups is 1. The summed E-state index contributed by atoms with van der Waals surface area (Å²) in [4.78, 5) is 10.8. The van der Waals surface area contributed by atoms with Gasteiger partial charge in [0.25, 0.3) is 0 Å². The smallest absolute Gasteiger partial charge is 0.335 e. The molecular weight excluding hydrogens is 232 g/mol. The second-order valence-corrected chi connectivity index (χ2v) is 4.18. The lowest BCUT2D eigenvalue weighted by Crippen LogP contribution is -2.14. The molecule has 0 radical (unpaired) electrons. The van der Waals surface area contributed by atoms with Gasteiger partial charge in [0.2, 0.25) is 0 Å². The number of hydrogen-bond donors (Lipinski definition) is 2. The Morgan fingerprint density at radius 3 is 2.83 bits per heavy atom. The van der Waals surface area contributed by atoms with E-state index in [4.69, 9.17) is 5.11 Å². The summed E-state index contributed by atoms with van der Waals surface area (Å²) in [6.07, 6.45) is 1.99. The fraction of sp³-hybridized carbons (Fsp3) is 0.250. The number of hydrogen-bond acceptors (Lipinski definition) is 4. The summed E-state index contributed by atoms with van der Waals surface area (Å²) in [5, 5.41) is 20.3. The molecule has 0 saturated carbocycles. The third kappa shape index (κ3) is 1.71. The third-order valence-corrected chi connectivity index (χ3v) is 2.98. The second-order valence-electron chi connectivity index (χ2n) is 4.18. The Kier molecular flexibility index (Phi) is 2.47. The van der Waals surface area contributed by atoms with Gasteiger partial charge in [0, 0.05) is 6.54 Å². The standard InChI is InChI=1S/C12H12N4O2/c17-12(18)8-3-5-9(6-4-8)16-11-10(14-15-16)2-1-7-13-11/h3-6,13H,1-2,7H2,(H,17,18). The molecule has 0 aliphatic carbocycles. The van der Waals surface area contributed by atoms with Crippen LogP contribution in [0.5, 0.6) is 0 Å². The summed E-state index contributed by atoms with van der Waals surface area (Å²) in [6, 6.07) is 6.59. The number of nitrogens with one attached hydrogen (secondary N) is 1. The first-order valence-electron chi connectivity index (χ1n) is 5.78. The van der Waals surface area contributed by atoms with Crippen LogP contribution in [-0.4, -0.2) is 32.6 Å². The summed E-state index contributed by atoms with van der Waals surface area (Å²) in [7, 11) is 0. The monoisotopic (exact) mass is 244 g/mol. The second kappa shape index (κ2) is 4.14. The van der Waals surface area contributed by atoms with Crippen molar-refractivity contribution in [1.82, 2.24) is 15.0 Å². The summed E-state index contributed by atoms with van der Waals surface area (Å²) >= 11 is 0. The first kappa shape index (κ1) is 10.8. The number of anilines is 1. The molecule has 2 heterocycles. The number of carboxylic acids is 1. The number of fused-ring (bicyclic) bond motifs is 1. The molecule has 0 amide bonds. The predicted octanol–water partition coefficient (Wildman–Crippen LogP) is 1.32. The van der Waals surface area contributed by atoms with Crippen LogP contribution in [0, 0.1) is 0 Å². The van der Waals surface area contributed by atoms with Crippen molar-refractivity contribution in [2.24, 2.45) is 0 Å². The molecule has 6 heteroatoms. The van der Waals surface area contributed by atoms with Crippen LogP contribution in [0.4, 0.5) is 5.82 Å². The molecule has 1 aromatic carbocycles. The Hall–Kier alpha value is -2.37. The summed E-state index contributed by atoms with van der Waals surface area (Å²) in [6.45, 7) is 0.910. The molecule has 0 bridgehead atoms. The van der Waals surface area contributed by atoms with Gasteiger partial charge in [-0.25, -0.2) is 4.79 Å². The Morgan fingerprint density at radius 2 is 2.11 bits per heavy atom. The lowest BCUT2D eigenvalue weighted by atomic mass is 10.1. The number of aryl methyl sites for hydroxylation is 1. The van der Waals surface area contributed by atoms with E-state index < -0.39 is 5.97 Å². The third-order valence-electron chi connectivity index (χ3n) is 2.98. The lowest BCUT2D eigenvalue weighted by molar-refractivity contribution is 0.0697. The Bertz CT molecular complexity index is 589. The molecule has 3 rings (SSSR count). The highest BCUT2D eigenvalue weighted by molar-refractivity contribution is 5.87. The molecule has 1 aromatic heterocycles. The summed E-state index contributed by atoms with van der Waals surface area (Å²) in [5.74, 6) is -0.0235. The van der Waals surface area contributed by atoms with E-state index in [0.29, 0.717) is 0 Å².